The molecule has 2 unspecified atom stereocenters. The fraction of sp³-hybridized carbons (Fsp3) is 0.583. The number of piperidine rings is 1. The van der Waals surface area contributed by atoms with Crippen LogP contribution in [0.4, 0.5) is 5.82 Å². The van der Waals surface area contributed by atoms with E-state index in [2.05, 4.69) is 14.6 Å². The molecule has 1 aromatic rings. The van der Waals surface area contributed by atoms with Gasteiger partial charge < -0.3 is 10.6 Å². The molecule has 112 valence electrons. The van der Waals surface area contributed by atoms with Gasteiger partial charge in [-0.2, -0.15) is 0 Å². The van der Waals surface area contributed by atoms with Crippen molar-refractivity contribution in [2.75, 3.05) is 25.9 Å². The fourth-order valence-corrected chi connectivity index (χ4v) is 3.95. The van der Waals surface area contributed by atoms with Gasteiger partial charge in [-0.25, -0.2) is 18.1 Å². The van der Waals surface area contributed by atoms with Gasteiger partial charge in [0.15, 0.2) is 0 Å². The lowest BCUT2D eigenvalue weighted by Crippen LogP contribution is -2.48. The van der Waals surface area contributed by atoms with Crippen molar-refractivity contribution in [3.05, 3.63) is 17.3 Å². The van der Waals surface area contributed by atoms with E-state index in [0.29, 0.717) is 0 Å². The van der Waals surface area contributed by atoms with Gasteiger partial charge in [-0.3, -0.25) is 0 Å². The van der Waals surface area contributed by atoms with Gasteiger partial charge in [0.25, 0.3) is 0 Å². The number of nitrogens with one attached hydrogen (secondary N) is 1. The molecule has 2 rings (SSSR count). The zero-order chi connectivity index (χ0) is 14.9. The van der Waals surface area contributed by atoms with E-state index in [0.717, 1.165) is 19.5 Å². The normalized spacial score (nSPS) is 24.8. The summed E-state index contributed by atoms with van der Waals surface area (Å²) in [5, 5.41) is 0.143. The molecule has 0 saturated carbocycles. The Morgan fingerprint density at radius 3 is 2.85 bits per heavy atom. The van der Waals surface area contributed by atoms with Crippen LogP contribution in [0.1, 0.15) is 13.3 Å². The molecule has 1 aliphatic heterocycles. The third kappa shape index (κ3) is 3.41. The van der Waals surface area contributed by atoms with Gasteiger partial charge >= 0.3 is 0 Å². The number of anilines is 1. The van der Waals surface area contributed by atoms with Crippen LogP contribution in [0.15, 0.2) is 17.2 Å². The van der Waals surface area contributed by atoms with Gasteiger partial charge in [0.1, 0.15) is 10.7 Å². The summed E-state index contributed by atoms with van der Waals surface area (Å²) < 4.78 is 27.4. The average Bonchev–Trinajstić information content (AvgIpc) is 2.36. The van der Waals surface area contributed by atoms with Crippen LogP contribution < -0.4 is 10.5 Å². The van der Waals surface area contributed by atoms with E-state index < -0.39 is 10.0 Å². The molecule has 2 heterocycles. The lowest BCUT2D eigenvalue weighted by atomic mass is 9.95. The molecule has 1 saturated heterocycles. The highest BCUT2D eigenvalue weighted by Gasteiger charge is 2.29. The number of likely N-dealkylation sites (tertiary alicyclic amines) is 1. The van der Waals surface area contributed by atoms with Gasteiger partial charge in [0.05, 0.1) is 5.02 Å². The molecule has 0 aromatic carbocycles. The molecule has 1 aromatic heterocycles. The molecule has 2 atom stereocenters. The summed E-state index contributed by atoms with van der Waals surface area (Å²) in [6, 6.07) is 1.25. The third-order valence-corrected chi connectivity index (χ3v) is 5.33. The van der Waals surface area contributed by atoms with Crippen LogP contribution in [-0.4, -0.2) is 44.5 Å². The molecular formula is C12H19ClN4O2S. The van der Waals surface area contributed by atoms with Crippen LogP contribution in [-0.2, 0) is 10.0 Å². The van der Waals surface area contributed by atoms with Crippen LogP contribution in [0, 0.1) is 5.92 Å². The fourth-order valence-electron chi connectivity index (χ4n) is 2.37. The highest BCUT2D eigenvalue weighted by molar-refractivity contribution is 7.89. The first-order valence-electron chi connectivity index (χ1n) is 6.41. The predicted octanol–water partition coefficient (Wildman–Crippen LogP) is 0.936. The van der Waals surface area contributed by atoms with E-state index >= 15 is 0 Å². The lowest BCUT2D eigenvalue weighted by molar-refractivity contribution is 0.188. The first kappa shape index (κ1) is 15.5. The Morgan fingerprint density at radius 1 is 1.55 bits per heavy atom. The topological polar surface area (TPSA) is 88.3 Å². The number of aromatic nitrogens is 1. The predicted molar refractivity (Wildman–Crippen MR) is 79.0 cm³/mol. The Hall–Kier alpha value is -0.890. The second kappa shape index (κ2) is 5.85. The van der Waals surface area contributed by atoms with Gasteiger partial charge in [-0.1, -0.05) is 18.5 Å². The van der Waals surface area contributed by atoms with E-state index in [1.54, 1.807) is 0 Å². The van der Waals surface area contributed by atoms with Crippen molar-refractivity contribution in [3.8, 4) is 0 Å². The lowest BCUT2D eigenvalue weighted by Gasteiger charge is -2.34. The number of hydrogen-bond donors (Lipinski definition) is 2. The molecular weight excluding hydrogens is 300 g/mol. The first-order valence-corrected chi connectivity index (χ1v) is 8.27. The molecule has 6 nitrogen and oxygen atoms in total. The Morgan fingerprint density at radius 2 is 2.25 bits per heavy atom. The standard InChI is InChI=1S/C12H19ClN4O2S/c1-8-7-17(2)4-3-11(8)16-20(18,19)9-5-10(13)12(14)15-6-9/h5-6,8,11,16H,3-4,7H2,1-2H3,(H2,14,15). The van der Waals surface area contributed by atoms with E-state index in [9.17, 15) is 8.42 Å². The molecule has 1 fully saturated rings. The van der Waals surface area contributed by atoms with Crippen LogP contribution in [0.2, 0.25) is 5.02 Å². The van der Waals surface area contributed by atoms with Crippen molar-refractivity contribution in [3.63, 3.8) is 0 Å². The number of rotatable bonds is 3. The summed E-state index contributed by atoms with van der Waals surface area (Å²) in [7, 11) is -1.59. The average molecular weight is 319 g/mol. The molecule has 3 N–H and O–H groups in total. The number of nitrogens with zero attached hydrogens (tertiary/aromatic N) is 2. The summed E-state index contributed by atoms with van der Waals surface area (Å²) in [6.45, 7) is 3.78. The van der Waals surface area contributed by atoms with Crippen molar-refractivity contribution < 1.29 is 8.42 Å². The summed E-state index contributed by atoms with van der Waals surface area (Å²) in [6.07, 6.45) is 2.01. The quantitative estimate of drug-likeness (QED) is 0.865. The molecule has 0 amide bonds. The molecule has 0 aliphatic carbocycles. The molecule has 0 bridgehead atoms. The Bertz CT molecular complexity index is 593. The van der Waals surface area contributed by atoms with Gasteiger partial charge in [-0.05, 0) is 32.0 Å². The Balaban J connectivity index is 2.16. The molecule has 0 radical (unpaired) electrons. The molecule has 20 heavy (non-hydrogen) atoms. The zero-order valence-corrected chi connectivity index (χ0v) is 13.1. The van der Waals surface area contributed by atoms with E-state index in [-0.39, 0.29) is 27.7 Å². The van der Waals surface area contributed by atoms with Crippen molar-refractivity contribution in [1.29, 1.82) is 0 Å². The summed E-state index contributed by atoms with van der Waals surface area (Å²) in [5.41, 5.74) is 5.49. The number of nitrogen functional groups attached to an aromatic ring is 1. The summed E-state index contributed by atoms with van der Waals surface area (Å²) >= 11 is 5.82. The van der Waals surface area contributed by atoms with E-state index in [1.165, 1.54) is 12.3 Å². The smallest absolute Gasteiger partial charge is 0.242 e. The van der Waals surface area contributed by atoms with Crippen LogP contribution in [0.5, 0.6) is 0 Å². The number of sulfonamides is 1. The minimum atomic E-state index is -3.62. The van der Waals surface area contributed by atoms with Gasteiger partial charge in [0, 0.05) is 18.8 Å². The van der Waals surface area contributed by atoms with Crippen molar-refractivity contribution in [1.82, 2.24) is 14.6 Å². The van der Waals surface area contributed by atoms with Crippen molar-refractivity contribution in [2.24, 2.45) is 5.92 Å². The van der Waals surface area contributed by atoms with E-state index in [4.69, 9.17) is 17.3 Å². The highest BCUT2D eigenvalue weighted by Crippen LogP contribution is 2.22. The minimum Gasteiger partial charge on any atom is -0.382 e. The molecule has 8 heteroatoms. The van der Waals surface area contributed by atoms with Crippen LogP contribution in [0.3, 0.4) is 0 Å². The minimum absolute atomic E-state index is 0.0443. The van der Waals surface area contributed by atoms with Crippen molar-refractivity contribution in [2.45, 2.75) is 24.3 Å². The highest BCUT2D eigenvalue weighted by atomic mass is 35.5. The largest absolute Gasteiger partial charge is 0.382 e. The SMILES string of the molecule is CC1CN(C)CCC1NS(=O)(=O)c1cnc(N)c(Cl)c1. The number of hydrogen-bond acceptors (Lipinski definition) is 5. The van der Waals surface area contributed by atoms with Gasteiger partial charge in [0.2, 0.25) is 10.0 Å². The first-order chi connectivity index (χ1) is 9.29. The number of nitrogens with two attached hydrogens (primary N) is 1. The summed E-state index contributed by atoms with van der Waals surface area (Å²) in [5.74, 6) is 0.374. The second-order valence-electron chi connectivity index (χ2n) is 5.29. The monoisotopic (exact) mass is 318 g/mol. The summed E-state index contributed by atoms with van der Waals surface area (Å²) in [4.78, 5) is 6.02. The Kier molecular flexibility index (Phi) is 4.53. The maximum Gasteiger partial charge on any atom is 0.242 e. The number of halogens is 1. The van der Waals surface area contributed by atoms with Crippen LogP contribution in [0.25, 0.3) is 0 Å². The van der Waals surface area contributed by atoms with Crippen molar-refractivity contribution >= 4 is 27.4 Å². The second-order valence-corrected chi connectivity index (χ2v) is 7.42. The molecule has 0 spiro atoms. The van der Waals surface area contributed by atoms with Gasteiger partial charge in [-0.15, -0.1) is 0 Å². The third-order valence-electron chi connectivity index (χ3n) is 3.57. The molecule has 1 aliphatic rings. The van der Waals surface area contributed by atoms with E-state index in [1.807, 2.05) is 14.0 Å². The zero-order valence-electron chi connectivity index (χ0n) is 11.5. The number of pyridine rings is 1. The van der Waals surface area contributed by atoms with Crippen LogP contribution >= 0.6 is 11.6 Å². The maximum atomic E-state index is 12.3. The maximum absolute atomic E-state index is 12.3. The Labute approximate surface area is 124 Å².